The summed E-state index contributed by atoms with van der Waals surface area (Å²) in [6.45, 7) is 2.41. The zero-order valence-corrected chi connectivity index (χ0v) is 15.9. The predicted molar refractivity (Wildman–Crippen MR) is 102 cm³/mol. The van der Waals surface area contributed by atoms with Gasteiger partial charge in [-0.3, -0.25) is 9.59 Å². The first-order valence-electron chi connectivity index (χ1n) is 9.17. The van der Waals surface area contributed by atoms with E-state index in [1.165, 1.54) is 17.8 Å². The van der Waals surface area contributed by atoms with E-state index < -0.39 is 6.04 Å². The Bertz CT molecular complexity index is 655. The standard InChI is InChI=1S/C19H26FN3O2S/c1-21-10-13-5-4-8-23(11-13)19(25)16-12-26-17(18(24)22-16)9-14-6-2-3-7-15(14)20/h2-3,6-7,13,16-17,21H,4-5,8-12H2,1H3,(H,22,24). The minimum absolute atomic E-state index is 0.0102. The Morgan fingerprint density at radius 2 is 2.23 bits per heavy atom. The maximum absolute atomic E-state index is 13.8. The van der Waals surface area contributed by atoms with Crippen molar-refractivity contribution in [2.75, 3.05) is 32.4 Å². The molecule has 2 saturated heterocycles. The Morgan fingerprint density at radius 3 is 2.96 bits per heavy atom. The van der Waals surface area contributed by atoms with E-state index in [4.69, 9.17) is 0 Å². The lowest BCUT2D eigenvalue weighted by Gasteiger charge is -2.37. The molecular formula is C19H26FN3O2S. The van der Waals surface area contributed by atoms with Crippen molar-refractivity contribution in [1.82, 2.24) is 15.5 Å². The lowest BCUT2D eigenvalue weighted by atomic mass is 9.97. The summed E-state index contributed by atoms with van der Waals surface area (Å²) in [7, 11) is 1.93. The molecule has 0 radical (unpaired) electrons. The summed E-state index contributed by atoms with van der Waals surface area (Å²) in [5.74, 6) is 0.556. The Balaban J connectivity index is 1.55. The number of benzene rings is 1. The largest absolute Gasteiger partial charge is 0.343 e. The normalized spacial score (nSPS) is 26.5. The fourth-order valence-corrected chi connectivity index (χ4v) is 4.85. The SMILES string of the molecule is CNCC1CCCN(C(=O)C2CSC(Cc3ccccc3F)C(=O)N2)C1. The van der Waals surface area contributed by atoms with E-state index in [-0.39, 0.29) is 22.9 Å². The van der Waals surface area contributed by atoms with Crippen LogP contribution in [0.25, 0.3) is 0 Å². The Hall–Kier alpha value is -1.60. The average molecular weight is 380 g/mol. The molecule has 1 aromatic rings. The van der Waals surface area contributed by atoms with Gasteiger partial charge in [0.05, 0.1) is 5.25 Å². The summed E-state index contributed by atoms with van der Waals surface area (Å²) in [6, 6.07) is 6.05. The van der Waals surface area contributed by atoms with Crippen LogP contribution in [0.15, 0.2) is 24.3 Å². The number of carbonyl (C=O) groups excluding carboxylic acids is 2. The van der Waals surface area contributed by atoms with Crippen molar-refractivity contribution in [2.45, 2.75) is 30.6 Å². The Labute approximate surface area is 158 Å². The van der Waals surface area contributed by atoms with E-state index in [9.17, 15) is 14.0 Å². The van der Waals surface area contributed by atoms with Crippen molar-refractivity contribution in [3.05, 3.63) is 35.6 Å². The van der Waals surface area contributed by atoms with Crippen LogP contribution in [-0.2, 0) is 16.0 Å². The van der Waals surface area contributed by atoms with E-state index in [2.05, 4.69) is 10.6 Å². The molecule has 26 heavy (non-hydrogen) atoms. The smallest absolute Gasteiger partial charge is 0.246 e. The zero-order chi connectivity index (χ0) is 18.5. The molecule has 3 atom stereocenters. The molecule has 142 valence electrons. The molecule has 2 heterocycles. The zero-order valence-electron chi connectivity index (χ0n) is 15.0. The monoisotopic (exact) mass is 379 g/mol. The highest BCUT2D eigenvalue weighted by Crippen LogP contribution is 2.25. The van der Waals surface area contributed by atoms with Crippen molar-refractivity contribution < 1.29 is 14.0 Å². The number of likely N-dealkylation sites (tertiary alicyclic amines) is 1. The number of nitrogens with zero attached hydrogens (tertiary/aromatic N) is 1. The second kappa shape index (κ2) is 8.86. The first-order chi connectivity index (χ1) is 12.6. The van der Waals surface area contributed by atoms with Crippen molar-refractivity contribution in [1.29, 1.82) is 0 Å². The molecule has 0 aliphatic carbocycles. The van der Waals surface area contributed by atoms with Gasteiger partial charge in [-0.2, -0.15) is 0 Å². The third-order valence-electron chi connectivity index (χ3n) is 5.06. The number of hydrogen-bond acceptors (Lipinski definition) is 4. The number of halogens is 1. The third kappa shape index (κ3) is 4.57. The van der Waals surface area contributed by atoms with Crippen LogP contribution in [0.4, 0.5) is 4.39 Å². The molecule has 2 fully saturated rings. The molecule has 2 amide bonds. The van der Waals surface area contributed by atoms with Gasteiger partial charge >= 0.3 is 0 Å². The van der Waals surface area contributed by atoms with Gasteiger partial charge in [0, 0.05) is 18.8 Å². The van der Waals surface area contributed by atoms with Crippen LogP contribution in [0.1, 0.15) is 18.4 Å². The molecule has 0 bridgehead atoms. The summed E-state index contributed by atoms with van der Waals surface area (Å²) in [5.41, 5.74) is 0.538. The van der Waals surface area contributed by atoms with E-state index in [1.807, 2.05) is 11.9 Å². The second-order valence-electron chi connectivity index (χ2n) is 7.03. The molecule has 2 aliphatic rings. The highest BCUT2D eigenvalue weighted by Gasteiger charge is 2.36. The Kier molecular flexibility index (Phi) is 6.53. The number of piperidine rings is 1. The van der Waals surface area contributed by atoms with Crippen molar-refractivity contribution in [3.63, 3.8) is 0 Å². The highest BCUT2D eigenvalue weighted by molar-refractivity contribution is 8.00. The minimum atomic E-state index is -0.474. The molecule has 2 aliphatic heterocycles. The summed E-state index contributed by atoms with van der Waals surface area (Å²) in [5, 5.41) is 5.68. The number of carbonyl (C=O) groups is 2. The number of amides is 2. The molecule has 0 spiro atoms. The van der Waals surface area contributed by atoms with Crippen molar-refractivity contribution in [3.8, 4) is 0 Å². The quantitative estimate of drug-likeness (QED) is 0.813. The van der Waals surface area contributed by atoms with Crippen molar-refractivity contribution >= 4 is 23.6 Å². The van der Waals surface area contributed by atoms with Crippen LogP contribution in [0.5, 0.6) is 0 Å². The lowest BCUT2D eigenvalue weighted by molar-refractivity contribution is -0.137. The van der Waals surface area contributed by atoms with Crippen LogP contribution >= 0.6 is 11.8 Å². The van der Waals surface area contributed by atoms with Crippen LogP contribution in [0.3, 0.4) is 0 Å². The predicted octanol–water partition coefficient (Wildman–Crippen LogP) is 1.43. The second-order valence-corrected chi connectivity index (χ2v) is 8.26. The number of nitrogens with one attached hydrogen (secondary N) is 2. The van der Waals surface area contributed by atoms with Crippen LogP contribution in [-0.4, -0.2) is 60.4 Å². The summed E-state index contributed by atoms with van der Waals surface area (Å²) in [6.07, 6.45) is 2.47. The molecule has 3 rings (SSSR count). The highest BCUT2D eigenvalue weighted by atomic mass is 32.2. The third-order valence-corrected chi connectivity index (χ3v) is 6.37. The Morgan fingerprint density at radius 1 is 1.42 bits per heavy atom. The fraction of sp³-hybridized carbons (Fsp3) is 0.579. The van der Waals surface area contributed by atoms with E-state index >= 15 is 0 Å². The lowest BCUT2D eigenvalue weighted by Crippen LogP contribution is -2.57. The molecule has 0 aromatic heterocycles. The minimum Gasteiger partial charge on any atom is -0.343 e. The van der Waals surface area contributed by atoms with Gasteiger partial charge in [-0.25, -0.2) is 4.39 Å². The molecule has 7 heteroatoms. The van der Waals surface area contributed by atoms with Gasteiger partial charge in [0.15, 0.2) is 0 Å². The molecule has 1 aromatic carbocycles. The summed E-state index contributed by atoms with van der Waals surface area (Å²) in [4.78, 5) is 27.1. The van der Waals surface area contributed by atoms with Crippen LogP contribution < -0.4 is 10.6 Å². The van der Waals surface area contributed by atoms with Gasteiger partial charge in [-0.05, 0) is 50.4 Å². The van der Waals surface area contributed by atoms with Gasteiger partial charge in [0.1, 0.15) is 11.9 Å². The van der Waals surface area contributed by atoms with Gasteiger partial charge in [-0.15, -0.1) is 11.8 Å². The van der Waals surface area contributed by atoms with E-state index in [1.54, 1.807) is 18.2 Å². The first kappa shape index (κ1) is 19.2. The maximum atomic E-state index is 13.8. The average Bonchev–Trinajstić information content (AvgIpc) is 2.65. The summed E-state index contributed by atoms with van der Waals surface area (Å²) >= 11 is 1.45. The van der Waals surface area contributed by atoms with Gasteiger partial charge < -0.3 is 15.5 Å². The molecule has 2 N–H and O–H groups in total. The first-order valence-corrected chi connectivity index (χ1v) is 10.2. The molecule has 0 saturated carbocycles. The molecular weight excluding hydrogens is 353 g/mol. The fourth-order valence-electron chi connectivity index (χ4n) is 3.68. The topological polar surface area (TPSA) is 61.4 Å². The van der Waals surface area contributed by atoms with Crippen LogP contribution in [0, 0.1) is 11.7 Å². The van der Waals surface area contributed by atoms with Gasteiger partial charge in [0.25, 0.3) is 0 Å². The van der Waals surface area contributed by atoms with Crippen molar-refractivity contribution in [2.24, 2.45) is 5.92 Å². The van der Waals surface area contributed by atoms with E-state index in [0.717, 1.165) is 32.5 Å². The number of hydrogen-bond donors (Lipinski definition) is 2. The number of rotatable bonds is 5. The van der Waals surface area contributed by atoms with Crippen LogP contribution in [0.2, 0.25) is 0 Å². The summed E-state index contributed by atoms with van der Waals surface area (Å²) < 4.78 is 13.8. The van der Waals surface area contributed by atoms with E-state index in [0.29, 0.717) is 23.7 Å². The molecule has 3 unspecified atom stereocenters. The number of thioether (sulfide) groups is 1. The maximum Gasteiger partial charge on any atom is 0.246 e. The molecule has 5 nitrogen and oxygen atoms in total. The van der Waals surface area contributed by atoms with Gasteiger partial charge in [-0.1, -0.05) is 18.2 Å². The van der Waals surface area contributed by atoms with Gasteiger partial charge in [0.2, 0.25) is 11.8 Å².